The van der Waals surface area contributed by atoms with Crippen molar-refractivity contribution in [3.05, 3.63) is 23.4 Å². The Morgan fingerprint density at radius 2 is 2.00 bits per heavy atom. The Kier molecular flexibility index (Phi) is 5.94. The van der Waals surface area contributed by atoms with Crippen LogP contribution in [0.4, 0.5) is 0 Å². The quantitative estimate of drug-likeness (QED) is 0.559. The Balaban J connectivity index is 2.52. The average Bonchev–Trinajstić information content (AvgIpc) is 2.35. The lowest BCUT2D eigenvalue weighted by molar-refractivity contribution is 0.0599. The number of rotatable bonds is 7. The van der Waals surface area contributed by atoms with Crippen molar-refractivity contribution in [3.8, 4) is 5.88 Å². The second-order valence-corrected chi connectivity index (χ2v) is 6.77. The van der Waals surface area contributed by atoms with Crippen LogP contribution in [0, 0.1) is 6.92 Å². The molecule has 1 rings (SSSR count). The van der Waals surface area contributed by atoms with Crippen LogP contribution in [-0.4, -0.2) is 45.1 Å². The van der Waals surface area contributed by atoms with Crippen LogP contribution in [0.2, 0.25) is 0 Å². The molecule has 0 aromatic carbocycles. The molecular weight excluding hydrogens is 282 g/mol. The number of carbonyl (C=O) groups is 1. The van der Waals surface area contributed by atoms with Gasteiger partial charge in [0.25, 0.3) is 0 Å². The zero-order valence-electron chi connectivity index (χ0n) is 11.9. The molecule has 0 aliphatic heterocycles. The van der Waals surface area contributed by atoms with Crippen molar-refractivity contribution in [1.29, 1.82) is 0 Å². The van der Waals surface area contributed by atoms with Crippen molar-refractivity contribution in [3.63, 3.8) is 0 Å². The van der Waals surface area contributed by atoms with Gasteiger partial charge in [0, 0.05) is 18.0 Å². The van der Waals surface area contributed by atoms with Gasteiger partial charge in [-0.15, -0.1) is 0 Å². The van der Waals surface area contributed by atoms with Gasteiger partial charge in [-0.25, -0.2) is 18.2 Å². The van der Waals surface area contributed by atoms with Crippen LogP contribution in [0.3, 0.4) is 0 Å². The minimum absolute atomic E-state index is 0.144. The first-order valence-corrected chi connectivity index (χ1v) is 8.25. The lowest BCUT2D eigenvalue weighted by Gasteiger charge is -2.07. The number of unbranched alkanes of at least 4 members (excludes halogenated alkanes) is 1. The molecule has 0 spiro atoms. The van der Waals surface area contributed by atoms with E-state index in [1.54, 1.807) is 13.0 Å². The molecule has 6 nitrogen and oxygen atoms in total. The summed E-state index contributed by atoms with van der Waals surface area (Å²) in [6.45, 7) is 2.11. The fourth-order valence-electron chi connectivity index (χ4n) is 1.59. The third-order valence-corrected chi connectivity index (χ3v) is 3.54. The maximum absolute atomic E-state index is 11.4. The molecule has 1 aromatic heterocycles. The molecule has 0 fully saturated rings. The summed E-state index contributed by atoms with van der Waals surface area (Å²) in [7, 11) is -1.62. The Bertz CT molecular complexity index is 568. The molecule has 1 aromatic rings. The number of aromatic nitrogens is 1. The van der Waals surface area contributed by atoms with Crippen LogP contribution in [0.5, 0.6) is 5.88 Å². The van der Waals surface area contributed by atoms with Crippen molar-refractivity contribution >= 4 is 15.8 Å². The summed E-state index contributed by atoms with van der Waals surface area (Å²) in [6, 6.07) is 3.12. The lowest BCUT2D eigenvalue weighted by Crippen LogP contribution is -2.07. The molecule has 112 valence electrons. The average molecular weight is 301 g/mol. The summed E-state index contributed by atoms with van der Waals surface area (Å²) in [4.78, 5) is 15.6. The molecule has 7 heteroatoms. The molecule has 0 amide bonds. The predicted molar refractivity (Wildman–Crippen MR) is 74.8 cm³/mol. The van der Waals surface area contributed by atoms with Gasteiger partial charge in [0.05, 0.1) is 25.0 Å². The standard InChI is InChI=1S/C13H19NO5S/c1-10-8-11(13(15)18-2)9-12(14-10)19-6-4-5-7-20(3,16)17/h8-9H,4-7H2,1-3H3. The highest BCUT2D eigenvalue weighted by atomic mass is 32.2. The summed E-state index contributed by atoms with van der Waals surface area (Å²) in [6.07, 6.45) is 2.35. The number of pyridine rings is 1. The maximum atomic E-state index is 11.4. The van der Waals surface area contributed by atoms with Crippen LogP contribution < -0.4 is 4.74 Å². The van der Waals surface area contributed by atoms with E-state index >= 15 is 0 Å². The SMILES string of the molecule is COC(=O)c1cc(C)nc(OCCCCS(C)(=O)=O)c1. The normalized spacial score (nSPS) is 11.2. The molecule has 0 atom stereocenters. The van der Waals surface area contributed by atoms with E-state index < -0.39 is 15.8 Å². The molecule has 0 unspecified atom stereocenters. The molecular formula is C13H19NO5S. The Morgan fingerprint density at radius 3 is 2.60 bits per heavy atom. The van der Waals surface area contributed by atoms with Crippen LogP contribution in [0.1, 0.15) is 28.9 Å². The van der Waals surface area contributed by atoms with Gasteiger partial charge < -0.3 is 9.47 Å². The van der Waals surface area contributed by atoms with E-state index in [9.17, 15) is 13.2 Å². The van der Waals surface area contributed by atoms with E-state index in [-0.39, 0.29) is 5.75 Å². The van der Waals surface area contributed by atoms with Gasteiger partial charge in [-0.1, -0.05) is 0 Å². The van der Waals surface area contributed by atoms with Crippen molar-refractivity contribution in [2.24, 2.45) is 0 Å². The molecule has 0 aliphatic carbocycles. The topological polar surface area (TPSA) is 82.6 Å². The number of methoxy groups -OCH3 is 1. The number of carbonyl (C=O) groups excluding carboxylic acids is 1. The number of hydrogen-bond donors (Lipinski definition) is 0. The molecule has 0 saturated carbocycles. The number of hydrogen-bond acceptors (Lipinski definition) is 6. The largest absolute Gasteiger partial charge is 0.478 e. The van der Waals surface area contributed by atoms with Gasteiger partial charge in [0.15, 0.2) is 0 Å². The first-order valence-electron chi connectivity index (χ1n) is 6.19. The van der Waals surface area contributed by atoms with Crippen molar-refractivity contribution in [1.82, 2.24) is 4.98 Å². The minimum atomic E-state index is -2.93. The highest BCUT2D eigenvalue weighted by molar-refractivity contribution is 7.90. The fourth-order valence-corrected chi connectivity index (χ4v) is 2.32. The number of aryl methyl sites for hydroxylation is 1. The molecule has 0 bridgehead atoms. The summed E-state index contributed by atoms with van der Waals surface area (Å²) in [5.74, 6) is 0.0348. The minimum Gasteiger partial charge on any atom is -0.478 e. The first kappa shape index (κ1) is 16.4. The Hall–Kier alpha value is -1.63. The highest BCUT2D eigenvalue weighted by Gasteiger charge is 2.09. The third kappa shape index (κ3) is 6.01. The summed E-state index contributed by atoms with van der Waals surface area (Å²) in [5, 5.41) is 0. The number of esters is 1. The first-order chi connectivity index (χ1) is 9.31. The highest BCUT2D eigenvalue weighted by Crippen LogP contribution is 2.13. The van der Waals surface area contributed by atoms with Crippen LogP contribution in [-0.2, 0) is 14.6 Å². The van der Waals surface area contributed by atoms with Gasteiger partial charge in [-0.05, 0) is 25.8 Å². The molecule has 0 aliphatic rings. The van der Waals surface area contributed by atoms with E-state index in [4.69, 9.17) is 4.74 Å². The van der Waals surface area contributed by atoms with E-state index in [0.717, 1.165) is 0 Å². The van der Waals surface area contributed by atoms with E-state index in [1.165, 1.54) is 19.4 Å². The second-order valence-electron chi connectivity index (χ2n) is 4.51. The zero-order chi connectivity index (χ0) is 15.2. The van der Waals surface area contributed by atoms with Crippen molar-refractivity contribution in [2.45, 2.75) is 19.8 Å². The molecule has 1 heterocycles. The summed E-state index contributed by atoms with van der Waals surface area (Å²) < 4.78 is 32.0. The molecule has 0 radical (unpaired) electrons. The summed E-state index contributed by atoms with van der Waals surface area (Å²) in [5.41, 5.74) is 1.03. The van der Waals surface area contributed by atoms with Crippen molar-refractivity contribution < 1.29 is 22.7 Å². The van der Waals surface area contributed by atoms with Gasteiger partial charge >= 0.3 is 5.97 Å². The Morgan fingerprint density at radius 1 is 1.30 bits per heavy atom. The molecule has 20 heavy (non-hydrogen) atoms. The summed E-state index contributed by atoms with van der Waals surface area (Å²) >= 11 is 0. The molecule has 0 saturated heterocycles. The number of ether oxygens (including phenoxy) is 2. The monoisotopic (exact) mass is 301 g/mol. The maximum Gasteiger partial charge on any atom is 0.338 e. The number of nitrogens with zero attached hydrogens (tertiary/aromatic N) is 1. The van der Waals surface area contributed by atoms with Crippen LogP contribution >= 0.6 is 0 Å². The lowest BCUT2D eigenvalue weighted by atomic mass is 10.2. The van der Waals surface area contributed by atoms with Crippen LogP contribution in [0.25, 0.3) is 0 Å². The molecule has 0 N–H and O–H groups in total. The van der Waals surface area contributed by atoms with Gasteiger partial charge in [-0.3, -0.25) is 0 Å². The Labute approximate surface area is 119 Å². The van der Waals surface area contributed by atoms with E-state index in [1.807, 2.05) is 0 Å². The van der Waals surface area contributed by atoms with E-state index in [0.29, 0.717) is 36.6 Å². The van der Waals surface area contributed by atoms with Gasteiger partial charge in [0.2, 0.25) is 5.88 Å². The van der Waals surface area contributed by atoms with Gasteiger partial charge in [0.1, 0.15) is 9.84 Å². The predicted octanol–water partition coefficient (Wildman–Crippen LogP) is 1.38. The third-order valence-electron chi connectivity index (χ3n) is 2.51. The number of sulfone groups is 1. The second kappa shape index (κ2) is 7.23. The zero-order valence-corrected chi connectivity index (χ0v) is 12.7. The van der Waals surface area contributed by atoms with Gasteiger partial charge in [-0.2, -0.15) is 0 Å². The fraction of sp³-hybridized carbons (Fsp3) is 0.538. The van der Waals surface area contributed by atoms with E-state index in [2.05, 4.69) is 9.72 Å². The van der Waals surface area contributed by atoms with Crippen molar-refractivity contribution in [2.75, 3.05) is 25.7 Å². The van der Waals surface area contributed by atoms with Crippen LogP contribution in [0.15, 0.2) is 12.1 Å². The smallest absolute Gasteiger partial charge is 0.338 e.